The van der Waals surface area contributed by atoms with Crippen LogP contribution in [0, 0.1) is 0 Å². The highest BCUT2D eigenvalue weighted by molar-refractivity contribution is 8.00. The van der Waals surface area contributed by atoms with Gasteiger partial charge in [0.25, 0.3) is 0 Å². The summed E-state index contributed by atoms with van der Waals surface area (Å²) in [6, 6.07) is -0.957. The van der Waals surface area contributed by atoms with Crippen molar-refractivity contribution in [3.05, 3.63) is 0 Å². The minimum Gasteiger partial charge on any atom is -0.480 e. The summed E-state index contributed by atoms with van der Waals surface area (Å²) in [5.41, 5.74) is -0.274. The van der Waals surface area contributed by atoms with Crippen LogP contribution in [0.1, 0.15) is 53.4 Å². The third-order valence-corrected chi connectivity index (χ3v) is 5.47. The molecule has 1 rings (SSSR count). The van der Waals surface area contributed by atoms with Crippen LogP contribution in [0.4, 0.5) is 4.79 Å². The molecule has 20 heavy (non-hydrogen) atoms. The standard InChI is InChI=1S/C14H26N2O3S/c1-5-8-11-16(10(9-20-11)12(17)18)13(19)15-14(4,6-2)7-3/h10-11H,5-9H2,1-4H3,(H,15,19)(H,17,18). The van der Waals surface area contributed by atoms with Gasteiger partial charge in [-0.15, -0.1) is 11.8 Å². The van der Waals surface area contributed by atoms with E-state index in [2.05, 4.69) is 5.32 Å². The van der Waals surface area contributed by atoms with Gasteiger partial charge in [0.1, 0.15) is 6.04 Å². The maximum absolute atomic E-state index is 12.5. The molecule has 2 atom stereocenters. The van der Waals surface area contributed by atoms with Gasteiger partial charge in [-0.05, 0) is 26.2 Å². The first-order chi connectivity index (χ1) is 9.38. The first kappa shape index (κ1) is 17.1. The van der Waals surface area contributed by atoms with Crippen molar-refractivity contribution >= 4 is 23.8 Å². The highest BCUT2D eigenvalue weighted by Crippen LogP contribution is 2.32. The number of amides is 2. The predicted octanol–water partition coefficient (Wildman–Crippen LogP) is 2.90. The Bertz CT molecular complexity index is 358. The third-order valence-electron chi connectivity index (χ3n) is 4.12. The van der Waals surface area contributed by atoms with Gasteiger partial charge in [-0.2, -0.15) is 0 Å². The van der Waals surface area contributed by atoms with Crippen molar-refractivity contribution in [3.63, 3.8) is 0 Å². The van der Waals surface area contributed by atoms with Gasteiger partial charge in [-0.25, -0.2) is 9.59 Å². The molecule has 1 aliphatic rings. The first-order valence-electron chi connectivity index (χ1n) is 7.33. The van der Waals surface area contributed by atoms with Crippen molar-refractivity contribution in [3.8, 4) is 0 Å². The minimum absolute atomic E-state index is 0.0286. The molecular weight excluding hydrogens is 276 g/mol. The zero-order valence-corrected chi connectivity index (χ0v) is 13.6. The van der Waals surface area contributed by atoms with Crippen LogP contribution in [-0.2, 0) is 4.79 Å². The van der Waals surface area contributed by atoms with E-state index in [9.17, 15) is 14.7 Å². The second-order valence-electron chi connectivity index (χ2n) is 5.54. The summed E-state index contributed by atoms with van der Waals surface area (Å²) < 4.78 is 0. The van der Waals surface area contributed by atoms with Gasteiger partial charge >= 0.3 is 12.0 Å². The highest BCUT2D eigenvalue weighted by Gasteiger charge is 2.42. The normalized spacial score (nSPS) is 22.9. The number of rotatable bonds is 6. The van der Waals surface area contributed by atoms with Crippen molar-refractivity contribution < 1.29 is 14.7 Å². The van der Waals surface area contributed by atoms with Crippen LogP contribution in [0.25, 0.3) is 0 Å². The molecule has 116 valence electrons. The number of hydrogen-bond donors (Lipinski definition) is 2. The van der Waals surface area contributed by atoms with Crippen molar-refractivity contribution in [2.24, 2.45) is 0 Å². The molecule has 0 radical (unpaired) electrons. The predicted molar refractivity (Wildman–Crippen MR) is 81.9 cm³/mol. The molecule has 1 aliphatic heterocycles. The van der Waals surface area contributed by atoms with Crippen molar-refractivity contribution in [1.82, 2.24) is 10.2 Å². The lowest BCUT2D eigenvalue weighted by molar-refractivity contribution is -0.141. The Morgan fingerprint density at radius 1 is 1.35 bits per heavy atom. The molecule has 1 heterocycles. The molecule has 2 unspecified atom stereocenters. The Hall–Kier alpha value is -0.910. The van der Waals surface area contributed by atoms with Gasteiger partial charge in [0.15, 0.2) is 0 Å². The average Bonchev–Trinajstić information content (AvgIpc) is 2.83. The third kappa shape index (κ3) is 3.81. The number of carboxylic acid groups (broad SMARTS) is 1. The van der Waals surface area contributed by atoms with Gasteiger partial charge in [-0.3, -0.25) is 4.90 Å². The summed E-state index contributed by atoms with van der Waals surface area (Å²) in [6.45, 7) is 8.10. The number of hydrogen-bond acceptors (Lipinski definition) is 3. The molecule has 1 fully saturated rings. The van der Waals surface area contributed by atoms with E-state index in [1.165, 1.54) is 4.90 Å². The van der Waals surface area contributed by atoms with Crippen molar-refractivity contribution in [1.29, 1.82) is 0 Å². The van der Waals surface area contributed by atoms with E-state index in [0.717, 1.165) is 25.7 Å². The van der Waals surface area contributed by atoms with Crippen molar-refractivity contribution in [2.45, 2.75) is 70.3 Å². The molecule has 0 saturated carbocycles. The van der Waals surface area contributed by atoms with Crippen LogP contribution in [0.2, 0.25) is 0 Å². The zero-order valence-electron chi connectivity index (χ0n) is 12.8. The Morgan fingerprint density at radius 2 is 1.95 bits per heavy atom. The number of carbonyl (C=O) groups is 2. The minimum atomic E-state index is -0.916. The molecule has 2 N–H and O–H groups in total. The second-order valence-corrected chi connectivity index (χ2v) is 6.75. The molecule has 0 aliphatic carbocycles. The van der Waals surface area contributed by atoms with E-state index in [1.807, 2.05) is 27.7 Å². The van der Waals surface area contributed by atoms with Crippen LogP contribution < -0.4 is 5.32 Å². The molecule has 6 heteroatoms. The van der Waals surface area contributed by atoms with Gasteiger partial charge < -0.3 is 10.4 Å². The summed E-state index contributed by atoms with van der Waals surface area (Å²) in [5, 5.41) is 12.3. The number of carboxylic acids is 1. The Morgan fingerprint density at radius 3 is 2.40 bits per heavy atom. The van der Waals surface area contributed by atoms with Gasteiger partial charge in [0.05, 0.1) is 5.37 Å². The van der Waals surface area contributed by atoms with E-state index in [-0.39, 0.29) is 16.9 Å². The summed E-state index contributed by atoms with van der Waals surface area (Å²) in [6.07, 6.45) is 3.42. The number of aliphatic carboxylic acids is 1. The van der Waals surface area contributed by atoms with E-state index >= 15 is 0 Å². The van der Waals surface area contributed by atoms with E-state index in [4.69, 9.17) is 0 Å². The van der Waals surface area contributed by atoms with E-state index in [0.29, 0.717) is 5.75 Å². The lowest BCUT2D eigenvalue weighted by atomic mass is 9.96. The van der Waals surface area contributed by atoms with Crippen LogP contribution in [0.3, 0.4) is 0 Å². The lowest BCUT2D eigenvalue weighted by Gasteiger charge is -2.34. The first-order valence-corrected chi connectivity index (χ1v) is 8.38. The fraction of sp³-hybridized carbons (Fsp3) is 0.857. The molecule has 0 aromatic rings. The van der Waals surface area contributed by atoms with Crippen LogP contribution in [0.5, 0.6) is 0 Å². The fourth-order valence-corrected chi connectivity index (χ4v) is 3.76. The number of nitrogens with one attached hydrogen (secondary N) is 1. The summed E-state index contributed by atoms with van der Waals surface area (Å²) in [7, 11) is 0. The molecule has 0 aromatic carbocycles. The molecule has 1 saturated heterocycles. The molecule has 0 spiro atoms. The molecular formula is C14H26N2O3S. The van der Waals surface area contributed by atoms with Crippen molar-refractivity contribution in [2.75, 3.05) is 5.75 Å². The fourth-order valence-electron chi connectivity index (χ4n) is 2.24. The monoisotopic (exact) mass is 302 g/mol. The maximum Gasteiger partial charge on any atom is 0.327 e. The maximum atomic E-state index is 12.5. The number of thioether (sulfide) groups is 1. The number of nitrogens with zero attached hydrogens (tertiary/aromatic N) is 1. The van der Waals surface area contributed by atoms with Gasteiger partial charge in [0.2, 0.25) is 0 Å². The zero-order chi connectivity index (χ0) is 15.3. The Balaban J connectivity index is 2.86. The van der Waals surface area contributed by atoms with E-state index < -0.39 is 12.0 Å². The lowest BCUT2D eigenvalue weighted by Crippen LogP contribution is -2.56. The summed E-state index contributed by atoms with van der Waals surface area (Å²) in [4.78, 5) is 25.4. The molecule has 2 amide bonds. The van der Waals surface area contributed by atoms with Gasteiger partial charge in [-0.1, -0.05) is 27.2 Å². The smallest absolute Gasteiger partial charge is 0.327 e. The summed E-state index contributed by atoms with van der Waals surface area (Å²) >= 11 is 1.57. The quantitative estimate of drug-likeness (QED) is 0.791. The summed E-state index contributed by atoms with van der Waals surface area (Å²) in [5.74, 6) is -0.441. The number of carbonyl (C=O) groups excluding carboxylic acids is 1. The van der Waals surface area contributed by atoms with Crippen LogP contribution in [0.15, 0.2) is 0 Å². The van der Waals surface area contributed by atoms with Crippen LogP contribution >= 0.6 is 11.8 Å². The molecule has 0 aromatic heterocycles. The average molecular weight is 302 g/mol. The highest BCUT2D eigenvalue weighted by atomic mass is 32.2. The van der Waals surface area contributed by atoms with Crippen LogP contribution in [-0.4, -0.2) is 44.7 Å². The largest absolute Gasteiger partial charge is 0.480 e. The Kier molecular flexibility index (Phi) is 6.17. The Labute approximate surface area is 125 Å². The molecule has 5 nitrogen and oxygen atoms in total. The van der Waals surface area contributed by atoms with Gasteiger partial charge in [0, 0.05) is 11.3 Å². The second kappa shape index (κ2) is 7.20. The molecule has 0 bridgehead atoms. The topological polar surface area (TPSA) is 69.6 Å². The SMILES string of the molecule is CCCC1SCC(C(=O)O)N1C(=O)NC(C)(CC)CC. The number of urea groups is 1. The van der Waals surface area contributed by atoms with E-state index in [1.54, 1.807) is 11.8 Å².